The molecule has 0 radical (unpaired) electrons. The van der Waals surface area contributed by atoms with E-state index in [0.717, 1.165) is 29.7 Å². The van der Waals surface area contributed by atoms with Gasteiger partial charge in [0, 0.05) is 12.6 Å². The summed E-state index contributed by atoms with van der Waals surface area (Å²) in [7, 11) is 0. The number of hydrogen-bond donors (Lipinski definition) is 2. The lowest BCUT2D eigenvalue weighted by Gasteiger charge is -2.15. The van der Waals surface area contributed by atoms with Crippen LogP contribution in [-0.2, 0) is 11.3 Å². The minimum atomic E-state index is -0.765. The Morgan fingerprint density at radius 1 is 1.50 bits per heavy atom. The van der Waals surface area contributed by atoms with Crippen molar-refractivity contribution in [2.45, 2.75) is 44.8 Å². The number of carboxylic acid groups (broad SMARTS) is 1. The molecule has 1 aliphatic carbocycles. The first-order chi connectivity index (χ1) is 9.65. The van der Waals surface area contributed by atoms with Crippen LogP contribution in [0.4, 0.5) is 0 Å². The number of hydrogen-bond acceptors (Lipinski definition) is 3. The van der Waals surface area contributed by atoms with Gasteiger partial charge in [-0.15, -0.1) is 0 Å². The number of aliphatic carboxylic acids is 1. The molecule has 1 atom stereocenters. The lowest BCUT2D eigenvalue weighted by atomic mass is 10.2. The Labute approximate surface area is 117 Å². The van der Waals surface area contributed by atoms with Gasteiger partial charge in [0.05, 0.1) is 11.0 Å². The monoisotopic (exact) mass is 273 g/mol. The molecule has 1 aromatic heterocycles. The fourth-order valence-corrected chi connectivity index (χ4v) is 2.55. The van der Waals surface area contributed by atoms with Crippen molar-refractivity contribution in [3.05, 3.63) is 30.1 Å². The van der Waals surface area contributed by atoms with Gasteiger partial charge >= 0.3 is 5.97 Å². The minimum absolute atomic E-state index is 0.400. The van der Waals surface area contributed by atoms with Gasteiger partial charge in [-0.2, -0.15) is 0 Å². The molecule has 1 aliphatic rings. The Morgan fingerprint density at radius 3 is 2.95 bits per heavy atom. The van der Waals surface area contributed by atoms with Crippen LogP contribution in [0.1, 0.15) is 25.1 Å². The zero-order valence-electron chi connectivity index (χ0n) is 11.5. The molecule has 3 rings (SSSR count). The second kappa shape index (κ2) is 5.25. The number of carbonyl (C=O) groups is 1. The van der Waals surface area contributed by atoms with E-state index in [1.165, 1.54) is 0 Å². The topological polar surface area (TPSA) is 67.2 Å². The van der Waals surface area contributed by atoms with Gasteiger partial charge in [0.2, 0.25) is 0 Å². The molecule has 1 heterocycles. The predicted octanol–water partition coefficient (Wildman–Crippen LogP) is 1.94. The lowest BCUT2D eigenvalue weighted by molar-refractivity contribution is -0.139. The summed E-state index contributed by atoms with van der Waals surface area (Å²) in [5.74, 6) is 0.167. The quantitative estimate of drug-likeness (QED) is 0.844. The number of para-hydroxylation sites is 2. The molecule has 0 bridgehead atoms. The van der Waals surface area contributed by atoms with E-state index in [1.54, 1.807) is 0 Å². The van der Waals surface area contributed by atoms with Crippen molar-refractivity contribution in [2.75, 3.05) is 0 Å². The van der Waals surface area contributed by atoms with E-state index < -0.39 is 12.0 Å². The number of aryl methyl sites for hydroxylation is 2. The third-order valence-electron chi connectivity index (χ3n) is 3.80. The number of imidazole rings is 1. The standard InChI is InChI=1S/C15H19N3O2/c1-10-16-12-4-2-3-5-14(12)18(10)9-8-13(15(19)20)17-11-6-7-11/h2-5,11,13,17H,6-9H2,1H3,(H,19,20). The van der Waals surface area contributed by atoms with E-state index in [1.807, 2.05) is 31.2 Å². The van der Waals surface area contributed by atoms with Crippen LogP contribution in [0.5, 0.6) is 0 Å². The first kappa shape index (κ1) is 13.1. The van der Waals surface area contributed by atoms with Crippen molar-refractivity contribution < 1.29 is 9.90 Å². The molecule has 5 heteroatoms. The van der Waals surface area contributed by atoms with Gasteiger partial charge < -0.3 is 15.0 Å². The summed E-state index contributed by atoms with van der Waals surface area (Å²) in [6, 6.07) is 7.89. The highest BCUT2D eigenvalue weighted by Gasteiger charge is 2.28. The molecule has 2 N–H and O–H groups in total. The van der Waals surface area contributed by atoms with Crippen LogP contribution in [0, 0.1) is 6.92 Å². The average molecular weight is 273 g/mol. The van der Waals surface area contributed by atoms with Gasteiger partial charge in [-0.1, -0.05) is 12.1 Å². The molecule has 1 fully saturated rings. The van der Waals surface area contributed by atoms with E-state index in [9.17, 15) is 9.90 Å². The maximum absolute atomic E-state index is 11.3. The van der Waals surface area contributed by atoms with Gasteiger partial charge in [0.25, 0.3) is 0 Å². The first-order valence-electron chi connectivity index (χ1n) is 7.06. The number of benzene rings is 1. The number of carboxylic acids is 1. The van der Waals surface area contributed by atoms with Crippen molar-refractivity contribution in [3.8, 4) is 0 Å². The molecule has 0 aliphatic heterocycles. The van der Waals surface area contributed by atoms with Crippen molar-refractivity contribution in [3.63, 3.8) is 0 Å². The van der Waals surface area contributed by atoms with Crippen LogP contribution in [0.15, 0.2) is 24.3 Å². The molecule has 0 spiro atoms. The van der Waals surface area contributed by atoms with Crippen LogP contribution in [0.3, 0.4) is 0 Å². The van der Waals surface area contributed by atoms with Crippen LogP contribution in [0.25, 0.3) is 11.0 Å². The van der Waals surface area contributed by atoms with Crippen LogP contribution in [-0.4, -0.2) is 32.7 Å². The zero-order chi connectivity index (χ0) is 14.1. The fourth-order valence-electron chi connectivity index (χ4n) is 2.55. The normalized spacial score (nSPS) is 16.4. The van der Waals surface area contributed by atoms with Gasteiger partial charge in [-0.25, -0.2) is 4.98 Å². The Bertz CT molecular complexity index is 631. The molecule has 106 valence electrons. The van der Waals surface area contributed by atoms with E-state index in [0.29, 0.717) is 19.0 Å². The number of rotatable bonds is 6. The number of fused-ring (bicyclic) bond motifs is 1. The van der Waals surface area contributed by atoms with E-state index in [2.05, 4.69) is 14.9 Å². The summed E-state index contributed by atoms with van der Waals surface area (Å²) < 4.78 is 2.10. The predicted molar refractivity (Wildman–Crippen MR) is 76.7 cm³/mol. The van der Waals surface area contributed by atoms with Crippen LogP contribution >= 0.6 is 0 Å². The molecule has 1 aromatic carbocycles. The highest BCUT2D eigenvalue weighted by atomic mass is 16.4. The summed E-state index contributed by atoms with van der Waals surface area (Å²) in [4.78, 5) is 15.8. The molecule has 2 aromatic rings. The number of aromatic nitrogens is 2. The fraction of sp³-hybridized carbons (Fsp3) is 0.467. The van der Waals surface area contributed by atoms with Gasteiger partial charge in [0.1, 0.15) is 11.9 Å². The smallest absolute Gasteiger partial charge is 0.320 e. The summed E-state index contributed by atoms with van der Waals surface area (Å²) in [5.41, 5.74) is 2.03. The summed E-state index contributed by atoms with van der Waals surface area (Å²) in [5, 5.41) is 12.5. The molecule has 20 heavy (non-hydrogen) atoms. The Balaban J connectivity index is 1.74. The molecule has 1 saturated carbocycles. The Hall–Kier alpha value is -1.88. The van der Waals surface area contributed by atoms with Crippen LogP contribution < -0.4 is 5.32 Å². The van der Waals surface area contributed by atoms with Crippen molar-refractivity contribution in [1.82, 2.24) is 14.9 Å². The van der Waals surface area contributed by atoms with E-state index in [-0.39, 0.29) is 0 Å². The SMILES string of the molecule is Cc1nc2ccccc2n1CCC(NC1CC1)C(=O)O. The van der Waals surface area contributed by atoms with Crippen LogP contribution in [0.2, 0.25) is 0 Å². The van der Waals surface area contributed by atoms with E-state index in [4.69, 9.17) is 0 Å². The third-order valence-corrected chi connectivity index (χ3v) is 3.80. The largest absolute Gasteiger partial charge is 0.480 e. The second-order valence-corrected chi connectivity index (χ2v) is 5.42. The van der Waals surface area contributed by atoms with Crippen molar-refractivity contribution in [2.24, 2.45) is 0 Å². The maximum atomic E-state index is 11.3. The number of nitrogens with one attached hydrogen (secondary N) is 1. The second-order valence-electron chi connectivity index (χ2n) is 5.42. The number of nitrogens with zero attached hydrogens (tertiary/aromatic N) is 2. The van der Waals surface area contributed by atoms with Crippen molar-refractivity contribution in [1.29, 1.82) is 0 Å². The van der Waals surface area contributed by atoms with Gasteiger partial charge in [-0.05, 0) is 38.3 Å². The lowest BCUT2D eigenvalue weighted by Crippen LogP contribution is -2.38. The summed E-state index contributed by atoms with van der Waals surface area (Å²) in [6.45, 7) is 2.63. The Kier molecular flexibility index (Phi) is 3.44. The average Bonchev–Trinajstić information content (AvgIpc) is 3.17. The van der Waals surface area contributed by atoms with Gasteiger partial charge in [-0.3, -0.25) is 4.79 Å². The Morgan fingerprint density at radius 2 is 2.25 bits per heavy atom. The molecular formula is C15H19N3O2. The minimum Gasteiger partial charge on any atom is -0.480 e. The first-order valence-corrected chi connectivity index (χ1v) is 7.06. The molecular weight excluding hydrogens is 254 g/mol. The maximum Gasteiger partial charge on any atom is 0.320 e. The highest BCUT2D eigenvalue weighted by molar-refractivity contribution is 5.76. The molecule has 1 unspecified atom stereocenters. The third kappa shape index (κ3) is 2.67. The molecule has 0 amide bonds. The van der Waals surface area contributed by atoms with E-state index >= 15 is 0 Å². The highest BCUT2D eigenvalue weighted by Crippen LogP contribution is 2.21. The van der Waals surface area contributed by atoms with Gasteiger partial charge in [0.15, 0.2) is 0 Å². The summed E-state index contributed by atoms with van der Waals surface area (Å²) >= 11 is 0. The summed E-state index contributed by atoms with van der Waals surface area (Å²) in [6.07, 6.45) is 2.76. The molecule has 5 nitrogen and oxygen atoms in total. The zero-order valence-corrected chi connectivity index (χ0v) is 11.5. The van der Waals surface area contributed by atoms with Crippen molar-refractivity contribution >= 4 is 17.0 Å². The molecule has 0 saturated heterocycles.